The van der Waals surface area contributed by atoms with Crippen molar-refractivity contribution in [3.8, 4) is 0 Å². The molecule has 1 saturated heterocycles. The summed E-state index contributed by atoms with van der Waals surface area (Å²) in [6, 6.07) is 10.5. The van der Waals surface area contributed by atoms with Crippen LogP contribution in [0.2, 0.25) is 0 Å². The van der Waals surface area contributed by atoms with Crippen LogP contribution in [-0.2, 0) is 7.05 Å². The van der Waals surface area contributed by atoms with Gasteiger partial charge in [-0.1, -0.05) is 26.0 Å². The quantitative estimate of drug-likeness (QED) is 0.446. The Morgan fingerprint density at radius 1 is 1.06 bits per heavy atom. The van der Waals surface area contributed by atoms with Gasteiger partial charge in [-0.25, -0.2) is 9.97 Å². The monoisotopic (exact) mass is 462 g/mol. The second-order valence-corrected chi connectivity index (χ2v) is 10.2. The smallest absolute Gasteiger partial charge is 0.254 e. The number of pyridine rings is 1. The highest BCUT2D eigenvalue weighted by Crippen LogP contribution is 2.31. The van der Waals surface area contributed by atoms with E-state index in [1.165, 1.54) is 4.70 Å². The van der Waals surface area contributed by atoms with Crippen LogP contribution in [0.4, 0.5) is 0 Å². The zero-order valence-electron chi connectivity index (χ0n) is 19.9. The van der Waals surface area contributed by atoms with E-state index in [0.717, 1.165) is 51.6 Å². The molecule has 1 unspecified atom stereocenters. The van der Waals surface area contributed by atoms with Crippen molar-refractivity contribution in [2.75, 3.05) is 26.2 Å². The molecule has 0 spiro atoms. The van der Waals surface area contributed by atoms with Gasteiger partial charge in [-0.3, -0.25) is 14.4 Å². The number of amides is 1. The molecule has 8 heteroatoms. The maximum Gasteiger partial charge on any atom is 0.254 e. The summed E-state index contributed by atoms with van der Waals surface area (Å²) >= 11 is 1.76. The van der Waals surface area contributed by atoms with Crippen molar-refractivity contribution < 1.29 is 4.79 Å². The Morgan fingerprint density at radius 2 is 1.79 bits per heavy atom. The van der Waals surface area contributed by atoms with Crippen molar-refractivity contribution in [1.29, 1.82) is 0 Å². The fourth-order valence-corrected chi connectivity index (χ4v) is 5.69. The fraction of sp³-hybridized carbons (Fsp3) is 0.440. The molecule has 7 nitrogen and oxygen atoms in total. The fourth-order valence-electron chi connectivity index (χ4n) is 4.64. The highest BCUT2D eigenvalue weighted by atomic mass is 32.1. The number of hydrogen-bond acceptors (Lipinski definition) is 6. The predicted octanol–water partition coefficient (Wildman–Crippen LogP) is 4.53. The number of hydrogen-bond donors (Lipinski definition) is 0. The molecule has 1 aliphatic rings. The number of para-hydroxylation sites is 1. The first-order chi connectivity index (χ1) is 15.8. The SMILES string of the molecule is Cc1nn(C)c2nc(C(C)C)cc(C(=O)N3CCN(C(C)c4nc5ccccc5s4)CC3)c12. The number of carbonyl (C=O) groups is 1. The number of rotatable bonds is 4. The van der Waals surface area contributed by atoms with E-state index < -0.39 is 0 Å². The first kappa shape index (κ1) is 22.0. The van der Waals surface area contributed by atoms with Crippen LogP contribution in [0.3, 0.4) is 0 Å². The van der Waals surface area contributed by atoms with E-state index in [0.29, 0.717) is 13.1 Å². The van der Waals surface area contributed by atoms with Crippen LogP contribution in [0.25, 0.3) is 21.3 Å². The Labute approximate surface area is 198 Å². The minimum absolute atomic E-state index is 0.0766. The van der Waals surface area contributed by atoms with Crippen molar-refractivity contribution in [1.82, 2.24) is 29.5 Å². The molecule has 5 rings (SSSR count). The van der Waals surface area contributed by atoms with Crippen molar-refractivity contribution in [3.63, 3.8) is 0 Å². The van der Waals surface area contributed by atoms with Gasteiger partial charge in [-0.15, -0.1) is 11.3 Å². The number of aryl methyl sites for hydroxylation is 2. The number of piperazine rings is 1. The van der Waals surface area contributed by atoms with E-state index in [9.17, 15) is 4.79 Å². The zero-order chi connectivity index (χ0) is 23.3. The maximum atomic E-state index is 13.6. The van der Waals surface area contributed by atoms with Crippen LogP contribution in [0, 0.1) is 6.92 Å². The summed E-state index contributed by atoms with van der Waals surface area (Å²) in [4.78, 5) is 27.7. The van der Waals surface area contributed by atoms with Crippen LogP contribution in [0.1, 0.15) is 59.5 Å². The minimum Gasteiger partial charge on any atom is -0.336 e. The topological polar surface area (TPSA) is 67.2 Å². The molecule has 172 valence electrons. The third-order valence-corrected chi connectivity index (χ3v) is 7.83. The van der Waals surface area contributed by atoms with Gasteiger partial charge in [0.15, 0.2) is 5.65 Å². The lowest BCUT2D eigenvalue weighted by Gasteiger charge is -2.37. The van der Waals surface area contributed by atoms with E-state index in [1.807, 2.05) is 31.0 Å². The molecule has 3 aromatic heterocycles. The summed E-state index contributed by atoms with van der Waals surface area (Å²) in [6.07, 6.45) is 0. The van der Waals surface area contributed by atoms with Gasteiger partial charge in [0.2, 0.25) is 0 Å². The van der Waals surface area contributed by atoms with Crippen molar-refractivity contribution in [2.45, 2.75) is 39.7 Å². The average molecular weight is 463 g/mol. The largest absolute Gasteiger partial charge is 0.336 e. The molecule has 4 heterocycles. The number of fused-ring (bicyclic) bond motifs is 2. The van der Waals surface area contributed by atoms with Gasteiger partial charge in [0.1, 0.15) is 5.01 Å². The highest BCUT2D eigenvalue weighted by Gasteiger charge is 2.29. The maximum absolute atomic E-state index is 13.6. The lowest BCUT2D eigenvalue weighted by Crippen LogP contribution is -2.49. The number of benzene rings is 1. The molecule has 1 amide bonds. The van der Waals surface area contributed by atoms with E-state index in [2.05, 4.69) is 49.0 Å². The van der Waals surface area contributed by atoms with Crippen LogP contribution in [-0.4, -0.2) is 61.6 Å². The number of thiazole rings is 1. The molecule has 0 bridgehead atoms. The summed E-state index contributed by atoms with van der Waals surface area (Å²) in [6.45, 7) is 11.5. The summed E-state index contributed by atoms with van der Waals surface area (Å²) in [5.41, 5.74) is 4.35. The molecule has 33 heavy (non-hydrogen) atoms. The van der Waals surface area contributed by atoms with Gasteiger partial charge >= 0.3 is 0 Å². The first-order valence-corrected chi connectivity index (χ1v) is 12.4. The van der Waals surface area contributed by atoms with Crippen molar-refractivity contribution in [2.24, 2.45) is 7.05 Å². The van der Waals surface area contributed by atoms with Crippen LogP contribution in [0.5, 0.6) is 0 Å². The Balaban J connectivity index is 1.36. The second kappa shape index (κ2) is 8.50. The molecule has 1 fully saturated rings. The van der Waals surface area contributed by atoms with Crippen LogP contribution in [0.15, 0.2) is 30.3 Å². The lowest BCUT2D eigenvalue weighted by molar-refractivity contribution is 0.0583. The summed E-state index contributed by atoms with van der Waals surface area (Å²) in [5.74, 6) is 0.315. The molecular formula is C25H30N6OS. The van der Waals surface area contributed by atoms with Gasteiger partial charge in [0.25, 0.3) is 5.91 Å². The highest BCUT2D eigenvalue weighted by molar-refractivity contribution is 7.18. The van der Waals surface area contributed by atoms with E-state index in [4.69, 9.17) is 9.97 Å². The van der Waals surface area contributed by atoms with E-state index >= 15 is 0 Å². The normalized spacial score (nSPS) is 16.2. The van der Waals surface area contributed by atoms with E-state index in [1.54, 1.807) is 16.0 Å². The Kier molecular flexibility index (Phi) is 5.66. The van der Waals surface area contributed by atoms with Crippen LogP contribution >= 0.6 is 11.3 Å². The molecule has 0 aliphatic carbocycles. The molecule has 0 radical (unpaired) electrons. The molecular weight excluding hydrogens is 432 g/mol. The molecule has 0 N–H and O–H groups in total. The van der Waals surface area contributed by atoms with Gasteiger partial charge < -0.3 is 4.90 Å². The molecule has 1 atom stereocenters. The van der Waals surface area contributed by atoms with Crippen LogP contribution < -0.4 is 0 Å². The standard InChI is InChI=1S/C25H30N6OS/c1-15(2)20-14-18(22-16(3)28-29(5)23(22)26-20)25(32)31-12-10-30(11-13-31)17(4)24-27-19-8-6-7-9-21(19)33-24/h6-9,14-15,17H,10-13H2,1-5H3. The van der Waals surface area contributed by atoms with Crippen molar-refractivity contribution in [3.05, 3.63) is 52.3 Å². The third kappa shape index (κ3) is 3.91. The number of aromatic nitrogens is 4. The third-order valence-electron chi connectivity index (χ3n) is 6.63. The number of nitrogens with zero attached hydrogens (tertiary/aromatic N) is 6. The van der Waals surface area contributed by atoms with Gasteiger partial charge in [0, 0.05) is 38.9 Å². The lowest BCUT2D eigenvalue weighted by atomic mass is 10.0. The molecule has 4 aromatic rings. The Hall–Kier alpha value is -2.84. The first-order valence-electron chi connectivity index (χ1n) is 11.6. The summed E-state index contributed by atoms with van der Waals surface area (Å²) in [7, 11) is 1.89. The Morgan fingerprint density at radius 3 is 2.48 bits per heavy atom. The average Bonchev–Trinajstić information content (AvgIpc) is 3.38. The minimum atomic E-state index is 0.0766. The zero-order valence-corrected chi connectivity index (χ0v) is 20.7. The van der Waals surface area contributed by atoms with E-state index in [-0.39, 0.29) is 17.9 Å². The molecule has 1 aliphatic heterocycles. The van der Waals surface area contributed by atoms with Crippen molar-refractivity contribution >= 4 is 38.5 Å². The predicted molar refractivity (Wildman–Crippen MR) is 133 cm³/mol. The molecule has 1 aromatic carbocycles. The van der Waals surface area contributed by atoms with Gasteiger partial charge in [0.05, 0.1) is 32.9 Å². The summed E-state index contributed by atoms with van der Waals surface area (Å²) < 4.78 is 3.01. The summed E-state index contributed by atoms with van der Waals surface area (Å²) in [5, 5.41) is 6.55. The number of carbonyl (C=O) groups excluding carboxylic acids is 1. The Bertz CT molecular complexity index is 1300. The molecule has 0 saturated carbocycles. The second-order valence-electron chi connectivity index (χ2n) is 9.18. The van der Waals surface area contributed by atoms with Gasteiger partial charge in [-0.2, -0.15) is 5.10 Å². The van der Waals surface area contributed by atoms with Gasteiger partial charge in [-0.05, 0) is 38.0 Å².